The van der Waals surface area contributed by atoms with Crippen molar-refractivity contribution < 1.29 is 9.90 Å². The zero-order chi connectivity index (χ0) is 15.4. The molecule has 0 atom stereocenters. The zero-order valence-electron chi connectivity index (χ0n) is 12.3. The minimum atomic E-state index is -0.0808. The molecule has 3 N–H and O–H groups in total. The molecule has 2 rings (SSSR count). The van der Waals surface area contributed by atoms with Gasteiger partial charge in [0.1, 0.15) is 5.75 Å². The van der Waals surface area contributed by atoms with Gasteiger partial charge in [0.15, 0.2) is 0 Å². The highest BCUT2D eigenvalue weighted by Gasteiger charge is 2.17. The topological polar surface area (TPSA) is 66.6 Å². The fraction of sp³-hybridized carbons (Fsp3) is 0.235. The molecule has 0 unspecified atom stereocenters. The second-order valence-corrected chi connectivity index (χ2v) is 5.01. The summed E-state index contributed by atoms with van der Waals surface area (Å²) in [7, 11) is 0. The van der Waals surface area contributed by atoms with Crippen molar-refractivity contribution >= 4 is 11.6 Å². The van der Waals surface area contributed by atoms with Crippen molar-refractivity contribution in [3.8, 4) is 5.75 Å². The maximum atomic E-state index is 12.6. The Labute approximate surface area is 124 Å². The minimum absolute atomic E-state index is 0.0808. The highest BCUT2D eigenvalue weighted by atomic mass is 16.3. The molecule has 2 aromatic rings. The van der Waals surface area contributed by atoms with Gasteiger partial charge in [-0.1, -0.05) is 18.2 Å². The fourth-order valence-electron chi connectivity index (χ4n) is 2.20. The van der Waals surface area contributed by atoms with E-state index in [4.69, 9.17) is 5.73 Å². The Morgan fingerprint density at radius 1 is 1.19 bits per heavy atom. The number of nitrogen functional groups attached to an aromatic ring is 1. The first-order valence-corrected chi connectivity index (χ1v) is 6.95. The van der Waals surface area contributed by atoms with Gasteiger partial charge in [0.25, 0.3) is 5.91 Å². The number of nitrogens with two attached hydrogens (primary N) is 1. The van der Waals surface area contributed by atoms with Crippen LogP contribution >= 0.6 is 0 Å². The molecular weight excluding hydrogens is 264 g/mol. The number of carbonyl (C=O) groups excluding carboxylic acids is 1. The lowest BCUT2D eigenvalue weighted by atomic mass is 10.1. The Bertz CT molecular complexity index is 636. The lowest BCUT2D eigenvalue weighted by Gasteiger charge is -2.22. The third kappa shape index (κ3) is 3.34. The monoisotopic (exact) mass is 284 g/mol. The number of phenols is 1. The Morgan fingerprint density at radius 2 is 1.86 bits per heavy atom. The van der Waals surface area contributed by atoms with Crippen molar-refractivity contribution in [2.75, 3.05) is 12.3 Å². The summed E-state index contributed by atoms with van der Waals surface area (Å²) in [6, 6.07) is 12.5. The summed E-state index contributed by atoms with van der Waals surface area (Å²) in [5, 5.41) is 9.74. The maximum absolute atomic E-state index is 12.6. The summed E-state index contributed by atoms with van der Waals surface area (Å²) in [5.41, 5.74) is 8.54. The second-order valence-electron chi connectivity index (χ2n) is 5.01. The highest BCUT2D eigenvalue weighted by molar-refractivity contribution is 5.96. The van der Waals surface area contributed by atoms with Crippen LogP contribution in [0.3, 0.4) is 0 Å². The average Bonchev–Trinajstić information content (AvgIpc) is 2.49. The number of aromatic hydroxyl groups is 1. The SMILES string of the molecule is CCN(Cc1ccc(N)cc1)C(=O)c1cccc(O)c1C. The van der Waals surface area contributed by atoms with Gasteiger partial charge in [0, 0.05) is 29.9 Å². The molecular formula is C17H20N2O2. The fourth-order valence-corrected chi connectivity index (χ4v) is 2.20. The molecule has 1 amide bonds. The molecule has 0 bridgehead atoms. The number of hydrogen-bond donors (Lipinski definition) is 2. The molecule has 0 saturated carbocycles. The molecule has 2 aromatic carbocycles. The Morgan fingerprint density at radius 3 is 2.48 bits per heavy atom. The van der Waals surface area contributed by atoms with Crippen molar-refractivity contribution in [3.63, 3.8) is 0 Å². The lowest BCUT2D eigenvalue weighted by Crippen LogP contribution is -2.30. The molecule has 0 fully saturated rings. The summed E-state index contributed by atoms with van der Waals surface area (Å²) in [6.45, 7) is 4.80. The van der Waals surface area contributed by atoms with Gasteiger partial charge in [-0.2, -0.15) is 0 Å². The van der Waals surface area contributed by atoms with Crippen molar-refractivity contribution in [1.82, 2.24) is 4.90 Å². The Balaban J connectivity index is 2.22. The van der Waals surface area contributed by atoms with Gasteiger partial charge in [-0.25, -0.2) is 0 Å². The van der Waals surface area contributed by atoms with Crippen LogP contribution < -0.4 is 5.73 Å². The summed E-state index contributed by atoms with van der Waals surface area (Å²) >= 11 is 0. The molecule has 0 aliphatic carbocycles. The molecule has 4 heteroatoms. The number of anilines is 1. The lowest BCUT2D eigenvalue weighted by molar-refractivity contribution is 0.0751. The third-order valence-electron chi connectivity index (χ3n) is 3.56. The number of hydrogen-bond acceptors (Lipinski definition) is 3. The molecule has 0 aliphatic heterocycles. The van der Waals surface area contributed by atoms with Crippen molar-refractivity contribution in [2.45, 2.75) is 20.4 Å². The van der Waals surface area contributed by atoms with Gasteiger partial charge in [0.2, 0.25) is 0 Å². The van der Waals surface area contributed by atoms with E-state index < -0.39 is 0 Å². The third-order valence-corrected chi connectivity index (χ3v) is 3.56. The van der Waals surface area contributed by atoms with Gasteiger partial charge >= 0.3 is 0 Å². The normalized spacial score (nSPS) is 10.4. The van der Waals surface area contributed by atoms with Crippen LogP contribution in [0.2, 0.25) is 0 Å². The van der Waals surface area contributed by atoms with E-state index in [1.807, 2.05) is 31.2 Å². The predicted molar refractivity (Wildman–Crippen MR) is 84.1 cm³/mol. The van der Waals surface area contributed by atoms with E-state index >= 15 is 0 Å². The first-order valence-electron chi connectivity index (χ1n) is 6.95. The molecule has 0 radical (unpaired) electrons. The van der Waals surface area contributed by atoms with Crippen LogP contribution in [0.4, 0.5) is 5.69 Å². The summed E-state index contributed by atoms with van der Waals surface area (Å²) < 4.78 is 0. The minimum Gasteiger partial charge on any atom is -0.508 e. The summed E-state index contributed by atoms with van der Waals surface area (Å²) in [4.78, 5) is 14.4. The van der Waals surface area contributed by atoms with Gasteiger partial charge < -0.3 is 15.7 Å². The van der Waals surface area contributed by atoms with E-state index in [1.165, 1.54) is 0 Å². The number of rotatable bonds is 4. The Kier molecular flexibility index (Phi) is 4.48. The molecule has 0 spiro atoms. The van der Waals surface area contributed by atoms with Crippen LogP contribution in [0.15, 0.2) is 42.5 Å². The van der Waals surface area contributed by atoms with Crippen molar-refractivity contribution in [2.24, 2.45) is 0 Å². The quantitative estimate of drug-likeness (QED) is 0.848. The molecule has 110 valence electrons. The number of amides is 1. The summed E-state index contributed by atoms with van der Waals surface area (Å²) in [5.74, 6) is 0.0621. The molecule has 0 aromatic heterocycles. The van der Waals surface area contributed by atoms with E-state index in [2.05, 4.69) is 0 Å². The van der Waals surface area contributed by atoms with Gasteiger partial charge in [0.05, 0.1) is 0 Å². The van der Waals surface area contributed by atoms with Crippen LogP contribution in [-0.2, 0) is 6.54 Å². The number of benzene rings is 2. The van der Waals surface area contributed by atoms with Crippen molar-refractivity contribution in [1.29, 1.82) is 0 Å². The maximum Gasteiger partial charge on any atom is 0.254 e. The van der Waals surface area contributed by atoms with Crippen LogP contribution in [-0.4, -0.2) is 22.5 Å². The highest BCUT2D eigenvalue weighted by Crippen LogP contribution is 2.21. The zero-order valence-corrected chi connectivity index (χ0v) is 12.3. The molecule has 21 heavy (non-hydrogen) atoms. The Hall–Kier alpha value is -2.49. The van der Waals surface area contributed by atoms with Crippen molar-refractivity contribution in [3.05, 3.63) is 59.2 Å². The number of nitrogens with zero attached hydrogens (tertiary/aromatic N) is 1. The standard InChI is InChI=1S/C17H20N2O2/c1-3-19(11-13-7-9-14(18)10-8-13)17(21)15-5-4-6-16(20)12(15)2/h4-10,20H,3,11,18H2,1-2H3. The molecule has 0 saturated heterocycles. The number of carbonyl (C=O) groups is 1. The van der Waals surface area contributed by atoms with Gasteiger partial charge in [-0.05, 0) is 43.7 Å². The van der Waals surface area contributed by atoms with Crippen LogP contribution in [0.1, 0.15) is 28.4 Å². The number of phenolic OH excluding ortho intramolecular Hbond substituents is 1. The van der Waals surface area contributed by atoms with Crippen LogP contribution in [0.5, 0.6) is 5.75 Å². The summed E-state index contributed by atoms with van der Waals surface area (Å²) in [6.07, 6.45) is 0. The average molecular weight is 284 g/mol. The second kappa shape index (κ2) is 6.31. The first-order chi connectivity index (χ1) is 10.0. The molecule has 0 aliphatic rings. The van der Waals surface area contributed by atoms with Gasteiger partial charge in [-0.3, -0.25) is 4.79 Å². The van der Waals surface area contributed by atoms with Crippen LogP contribution in [0, 0.1) is 6.92 Å². The largest absolute Gasteiger partial charge is 0.508 e. The molecule has 0 heterocycles. The smallest absolute Gasteiger partial charge is 0.254 e. The molecule has 4 nitrogen and oxygen atoms in total. The predicted octanol–water partition coefficient (Wildman–Crippen LogP) is 2.95. The van der Waals surface area contributed by atoms with E-state index in [9.17, 15) is 9.90 Å². The van der Waals surface area contributed by atoms with E-state index in [0.29, 0.717) is 29.9 Å². The van der Waals surface area contributed by atoms with E-state index in [0.717, 1.165) is 5.56 Å². The van der Waals surface area contributed by atoms with E-state index in [1.54, 1.807) is 30.0 Å². The first kappa shape index (κ1) is 14.9. The van der Waals surface area contributed by atoms with Crippen LogP contribution in [0.25, 0.3) is 0 Å². The van der Waals surface area contributed by atoms with E-state index in [-0.39, 0.29) is 11.7 Å². The van der Waals surface area contributed by atoms with Gasteiger partial charge in [-0.15, -0.1) is 0 Å².